The third-order valence-corrected chi connectivity index (χ3v) is 3.00. The first-order valence-corrected chi connectivity index (χ1v) is 5.40. The Bertz CT molecular complexity index is 207. The number of aliphatic hydroxyl groups is 1. The summed E-state index contributed by atoms with van der Waals surface area (Å²) in [6, 6.07) is 0. The standard InChI is InChI=1S/C10H17NO3/c12-9-6-11(14-7-9)10(13)8-4-2-1-3-5-8/h8-9,12H,1-7H2. The Labute approximate surface area is 83.8 Å². The highest BCUT2D eigenvalue weighted by Gasteiger charge is 2.31. The van der Waals surface area contributed by atoms with Crippen molar-refractivity contribution in [3.8, 4) is 0 Å². The number of nitrogens with zero attached hydrogens (tertiary/aromatic N) is 1. The molecule has 0 bridgehead atoms. The fraction of sp³-hybridized carbons (Fsp3) is 0.900. The van der Waals surface area contributed by atoms with Gasteiger partial charge in [-0.2, -0.15) is 0 Å². The Morgan fingerprint density at radius 2 is 2.00 bits per heavy atom. The van der Waals surface area contributed by atoms with Crippen molar-refractivity contribution >= 4 is 5.91 Å². The van der Waals surface area contributed by atoms with Gasteiger partial charge in [-0.25, -0.2) is 5.06 Å². The second kappa shape index (κ2) is 4.28. The van der Waals surface area contributed by atoms with Crippen LogP contribution in [-0.4, -0.2) is 35.3 Å². The molecule has 0 aromatic rings. The predicted octanol–water partition coefficient (Wildman–Crippen LogP) is 0.701. The normalized spacial score (nSPS) is 29.5. The molecule has 4 nitrogen and oxygen atoms in total. The van der Waals surface area contributed by atoms with Crippen molar-refractivity contribution < 1.29 is 14.7 Å². The van der Waals surface area contributed by atoms with E-state index in [1.54, 1.807) is 0 Å². The molecule has 14 heavy (non-hydrogen) atoms. The molecule has 1 saturated heterocycles. The van der Waals surface area contributed by atoms with E-state index in [1.165, 1.54) is 11.5 Å². The van der Waals surface area contributed by atoms with Gasteiger partial charge >= 0.3 is 0 Å². The molecule has 2 aliphatic rings. The minimum atomic E-state index is -0.498. The maximum absolute atomic E-state index is 11.8. The van der Waals surface area contributed by atoms with Crippen LogP contribution in [-0.2, 0) is 9.63 Å². The van der Waals surface area contributed by atoms with Gasteiger partial charge in [0.05, 0.1) is 12.6 Å². The van der Waals surface area contributed by atoms with Gasteiger partial charge in [-0.1, -0.05) is 19.3 Å². The molecule has 0 aromatic heterocycles. The average molecular weight is 199 g/mol. The molecule has 0 aromatic carbocycles. The Morgan fingerprint density at radius 1 is 1.29 bits per heavy atom. The number of hydrogen-bond donors (Lipinski definition) is 1. The number of rotatable bonds is 1. The first kappa shape index (κ1) is 9.93. The van der Waals surface area contributed by atoms with Crippen LogP contribution >= 0.6 is 0 Å². The van der Waals surface area contributed by atoms with Gasteiger partial charge < -0.3 is 5.11 Å². The van der Waals surface area contributed by atoms with Crippen LogP contribution in [0.5, 0.6) is 0 Å². The average Bonchev–Trinajstić information content (AvgIpc) is 2.65. The molecule has 1 amide bonds. The van der Waals surface area contributed by atoms with E-state index in [4.69, 9.17) is 4.84 Å². The summed E-state index contributed by atoms with van der Waals surface area (Å²) in [4.78, 5) is 16.9. The van der Waals surface area contributed by atoms with E-state index < -0.39 is 6.10 Å². The smallest absolute Gasteiger partial charge is 0.249 e. The first-order chi connectivity index (χ1) is 6.77. The highest BCUT2D eigenvalue weighted by Crippen LogP contribution is 2.26. The van der Waals surface area contributed by atoms with Crippen LogP contribution in [0.15, 0.2) is 0 Å². The number of hydroxylamine groups is 2. The molecule has 1 saturated carbocycles. The molecular weight excluding hydrogens is 182 g/mol. The van der Waals surface area contributed by atoms with Gasteiger partial charge in [0.25, 0.3) is 0 Å². The van der Waals surface area contributed by atoms with E-state index in [2.05, 4.69) is 0 Å². The Morgan fingerprint density at radius 3 is 2.57 bits per heavy atom. The minimum absolute atomic E-state index is 0.0706. The van der Waals surface area contributed by atoms with E-state index >= 15 is 0 Å². The van der Waals surface area contributed by atoms with Gasteiger partial charge in [-0.15, -0.1) is 0 Å². The van der Waals surface area contributed by atoms with Crippen molar-refractivity contribution in [2.45, 2.75) is 38.2 Å². The lowest BCUT2D eigenvalue weighted by atomic mass is 9.88. The lowest BCUT2D eigenvalue weighted by Crippen LogP contribution is -2.35. The molecule has 0 radical (unpaired) electrons. The summed E-state index contributed by atoms with van der Waals surface area (Å²) in [5, 5.41) is 10.6. The van der Waals surface area contributed by atoms with Crippen molar-refractivity contribution in [2.24, 2.45) is 5.92 Å². The van der Waals surface area contributed by atoms with Crippen LogP contribution in [0.2, 0.25) is 0 Å². The van der Waals surface area contributed by atoms with Gasteiger partial charge in [0.1, 0.15) is 6.61 Å². The van der Waals surface area contributed by atoms with Crippen LogP contribution in [0.25, 0.3) is 0 Å². The molecule has 0 spiro atoms. The summed E-state index contributed by atoms with van der Waals surface area (Å²) in [5.74, 6) is 0.204. The van der Waals surface area contributed by atoms with Gasteiger partial charge in [-0.3, -0.25) is 9.63 Å². The van der Waals surface area contributed by atoms with Crippen molar-refractivity contribution in [1.82, 2.24) is 5.06 Å². The predicted molar refractivity (Wildman–Crippen MR) is 50.2 cm³/mol. The topological polar surface area (TPSA) is 49.8 Å². The number of aliphatic hydroxyl groups excluding tert-OH is 1. The summed E-state index contributed by atoms with van der Waals surface area (Å²) in [6.45, 7) is 0.605. The highest BCUT2D eigenvalue weighted by molar-refractivity contribution is 5.78. The molecule has 2 fully saturated rings. The quantitative estimate of drug-likeness (QED) is 0.676. The Balaban J connectivity index is 1.87. The molecule has 1 heterocycles. The number of carbonyl (C=O) groups excluding carboxylic acids is 1. The number of hydrogen-bond acceptors (Lipinski definition) is 3. The zero-order valence-corrected chi connectivity index (χ0v) is 8.32. The third-order valence-electron chi connectivity index (χ3n) is 3.00. The van der Waals surface area contributed by atoms with E-state index in [1.807, 2.05) is 0 Å². The second-order valence-electron chi connectivity index (χ2n) is 4.18. The number of amides is 1. The molecular formula is C10H17NO3. The van der Waals surface area contributed by atoms with E-state index in [0.29, 0.717) is 6.54 Å². The van der Waals surface area contributed by atoms with E-state index in [0.717, 1.165) is 25.7 Å². The fourth-order valence-electron chi connectivity index (χ4n) is 2.18. The van der Waals surface area contributed by atoms with E-state index in [9.17, 15) is 9.90 Å². The molecule has 2 rings (SSSR count). The molecule has 1 N–H and O–H groups in total. The molecule has 1 atom stereocenters. The lowest BCUT2D eigenvalue weighted by molar-refractivity contribution is -0.174. The zero-order chi connectivity index (χ0) is 9.97. The summed E-state index contributed by atoms with van der Waals surface area (Å²) < 4.78 is 0. The molecule has 1 aliphatic heterocycles. The van der Waals surface area contributed by atoms with Gasteiger partial charge in [0.15, 0.2) is 0 Å². The maximum Gasteiger partial charge on any atom is 0.249 e. The summed E-state index contributed by atoms with van der Waals surface area (Å²) in [5.41, 5.74) is 0. The van der Waals surface area contributed by atoms with Crippen molar-refractivity contribution in [2.75, 3.05) is 13.2 Å². The minimum Gasteiger partial charge on any atom is -0.389 e. The summed E-state index contributed by atoms with van der Waals surface area (Å²) in [7, 11) is 0. The van der Waals surface area contributed by atoms with Crippen molar-refractivity contribution in [3.63, 3.8) is 0 Å². The molecule has 1 aliphatic carbocycles. The van der Waals surface area contributed by atoms with Crippen LogP contribution < -0.4 is 0 Å². The van der Waals surface area contributed by atoms with Gasteiger partial charge in [0, 0.05) is 5.92 Å². The maximum atomic E-state index is 11.8. The number of β-amino-alcohol motifs (C(OH)–C–C–N with tert-alkyl or cyclic N) is 1. The Hall–Kier alpha value is -0.610. The van der Waals surface area contributed by atoms with Crippen LogP contribution in [0.1, 0.15) is 32.1 Å². The third kappa shape index (κ3) is 2.07. The second-order valence-corrected chi connectivity index (χ2v) is 4.18. The number of carbonyl (C=O) groups is 1. The lowest BCUT2D eigenvalue weighted by Gasteiger charge is -2.24. The van der Waals surface area contributed by atoms with E-state index in [-0.39, 0.29) is 18.4 Å². The fourth-order valence-corrected chi connectivity index (χ4v) is 2.18. The van der Waals surface area contributed by atoms with Gasteiger partial charge in [-0.05, 0) is 12.8 Å². The molecule has 80 valence electrons. The van der Waals surface area contributed by atoms with Crippen LogP contribution in [0, 0.1) is 5.92 Å². The molecule has 1 unspecified atom stereocenters. The first-order valence-electron chi connectivity index (χ1n) is 5.40. The van der Waals surface area contributed by atoms with Gasteiger partial charge in [0.2, 0.25) is 5.91 Å². The van der Waals surface area contributed by atoms with Crippen molar-refractivity contribution in [3.05, 3.63) is 0 Å². The summed E-state index contributed by atoms with van der Waals surface area (Å²) in [6.07, 6.45) is 5.00. The SMILES string of the molecule is O=C(C1CCCCC1)N1CC(O)CO1. The largest absolute Gasteiger partial charge is 0.389 e. The summed E-state index contributed by atoms with van der Waals surface area (Å²) >= 11 is 0. The monoisotopic (exact) mass is 199 g/mol. The van der Waals surface area contributed by atoms with Crippen molar-refractivity contribution in [1.29, 1.82) is 0 Å². The molecule has 4 heteroatoms. The zero-order valence-electron chi connectivity index (χ0n) is 8.32. The van der Waals surface area contributed by atoms with Crippen LogP contribution in [0.4, 0.5) is 0 Å². The van der Waals surface area contributed by atoms with Crippen LogP contribution in [0.3, 0.4) is 0 Å². The Kier molecular flexibility index (Phi) is 3.03. The highest BCUT2D eigenvalue weighted by atomic mass is 16.7.